The number of hydrogen-bond donors (Lipinski definition) is 1. The summed E-state index contributed by atoms with van der Waals surface area (Å²) in [5.74, 6) is 1.64. The lowest BCUT2D eigenvalue weighted by Crippen LogP contribution is -2.14. The predicted octanol–water partition coefficient (Wildman–Crippen LogP) is 4.65. The molecule has 0 radical (unpaired) electrons. The molecule has 29 heavy (non-hydrogen) atoms. The third-order valence-electron chi connectivity index (χ3n) is 3.63. The van der Waals surface area contributed by atoms with Crippen LogP contribution in [0.25, 0.3) is 6.08 Å². The maximum atomic E-state index is 12.3. The molecule has 8 heteroatoms. The van der Waals surface area contributed by atoms with Gasteiger partial charge in [-0.15, -0.1) is 6.42 Å². The third kappa shape index (κ3) is 5.99. The highest BCUT2D eigenvalue weighted by atomic mass is 79.9. The number of carbonyl (C=O) groups excluding carboxylic acids is 2. The van der Waals surface area contributed by atoms with E-state index in [1.54, 1.807) is 31.2 Å². The molecule has 0 aromatic heterocycles. The van der Waals surface area contributed by atoms with Crippen molar-refractivity contribution in [3.8, 4) is 18.1 Å². The molecule has 0 unspecified atom stereocenters. The number of aliphatic imine (C=N–C) groups is 1. The molecule has 6 nitrogen and oxygen atoms in total. The number of aliphatic hydroxyl groups excluding tert-OH is 1. The molecule has 1 aliphatic heterocycles. The van der Waals surface area contributed by atoms with Crippen LogP contribution in [0.2, 0.25) is 0 Å². The van der Waals surface area contributed by atoms with Crippen molar-refractivity contribution in [1.82, 2.24) is 0 Å². The number of rotatable bonds is 7. The van der Waals surface area contributed by atoms with Crippen molar-refractivity contribution >= 4 is 50.7 Å². The average Bonchev–Trinajstić information content (AvgIpc) is 2.96. The van der Waals surface area contributed by atoms with Crippen LogP contribution in [-0.2, 0) is 14.3 Å². The van der Waals surface area contributed by atoms with E-state index >= 15 is 0 Å². The van der Waals surface area contributed by atoms with Crippen molar-refractivity contribution in [3.63, 3.8) is 0 Å². The molecule has 0 atom stereocenters. The number of aliphatic hydroxyl groups is 1. The highest BCUT2D eigenvalue weighted by Crippen LogP contribution is 2.39. The Balaban J connectivity index is 2.40. The van der Waals surface area contributed by atoms with E-state index in [0.717, 1.165) is 17.3 Å². The Morgan fingerprint density at radius 1 is 1.38 bits per heavy atom. The van der Waals surface area contributed by atoms with Crippen molar-refractivity contribution in [2.45, 2.75) is 26.7 Å². The van der Waals surface area contributed by atoms with E-state index in [2.05, 4.69) is 26.8 Å². The van der Waals surface area contributed by atoms with Gasteiger partial charge < -0.3 is 14.6 Å². The van der Waals surface area contributed by atoms with Crippen molar-refractivity contribution < 1.29 is 24.2 Å². The molecule has 0 fully saturated rings. The van der Waals surface area contributed by atoms with Crippen molar-refractivity contribution in [2.75, 3.05) is 13.2 Å². The first-order chi connectivity index (χ1) is 13.9. The number of nitrogens with zero attached hydrogens (tertiary/aromatic N) is 1. The summed E-state index contributed by atoms with van der Waals surface area (Å²) in [7, 11) is 0. The first kappa shape index (κ1) is 22.8. The molecular formula is C21H20BrNO5S. The van der Waals surface area contributed by atoms with Crippen LogP contribution >= 0.6 is 27.7 Å². The molecule has 1 heterocycles. The molecule has 0 spiro atoms. The molecule has 152 valence electrons. The van der Waals surface area contributed by atoms with Crippen LogP contribution in [0.1, 0.15) is 32.3 Å². The standard InChI is InChI=1S/C21H20BrNO5S/c1-4-7-17(24)23-20-18(21(26)27-6-3)19(25)16(29-20)12-13-8-9-15(14(22)11-13)28-10-5-2/h2,8-9,11-12,25H,4,6-7,10H2,1,3H3/b16-12-,23-20?. The number of terminal acetylenes is 1. The van der Waals surface area contributed by atoms with Gasteiger partial charge in [-0.05, 0) is 53.0 Å². The molecule has 0 aliphatic carbocycles. The van der Waals surface area contributed by atoms with Crippen LogP contribution in [0.4, 0.5) is 0 Å². The zero-order valence-electron chi connectivity index (χ0n) is 16.0. The summed E-state index contributed by atoms with van der Waals surface area (Å²) in [6.07, 6.45) is 7.77. The molecule has 0 saturated carbocycles. The van der Waals surface area contributed by atoms with Gasteiger partial charge in [-0.3, -0.25) is 4.79 Å². The minimum Gasteiger partial charge on any atom is -0.506 e. The SMILES string of the molecule is C#CCOc1ccc(/C=C2\SC(=NC(=O)CCC)C(C(=O)OCC)=C2O)cc1Br. The third-order valence-corrected chi connectivity index (χ3v) is 5.26. The van der Waals surface area contributed by atoms with Gasteiger partial charge in [-0.2, -0.15) is 0 Å². The van der Waals surface area contributed by atoms with Crippen LogP contribution in [-0.4, -0.2) is 35.2 Å². The lowest BCUT2D eigenvalue weighted by molar-refractivity contribution is -0.138. The fourth-order valence-corrected chi connectivity index (χ4v) is 3.91. The fraction of sp³-hybridized carbons (Fsp3) is 0.286. The lowest BCUT2D eigenvalue weighted by atomic mass is 10.1. The van der Waals surface area contributed by atoms with E-state index in [4.69, 9.17) is 15.9 Å². The van der Waals surface area contributed by atoms with Gasteiger partial charge in [0.2, 0.25) is 5.91 Å². The smallest absolute Gasteiger partial charge is 0.344 e. The van der Waals surface area contributed by atoms with E-state index < -0.39 is 5.97 Å². The lowest BCUT2D eigenvalue weighted by Gasteiger charge is -2.06. The van der Waals surface area contributed by atoms with Crippen LogP contribution in [0, 0.1) is 12.3 Å². The number of ether oxygens (including phenoxy) is 2. The fourth-order valence-electron chi connectivity index (χ4n) is 2.37. The monoisotopic (exact) mass is 477 g/mol. The second kappa shape index (κ2) is 10.9. The number of benzene rings is 1. The Hall–Kier alpha value is -2.50. The summed E-state index contributed by atoms with van der Waals surface area (Å²) >= 11 is 4.46. The zero-order chi connectivity index (χ0) is 21.4. The molecular weight excluding hydrogens is 458 g/mol. The topological polar surface area (TPSA) is 85.2 Å². The molecule has 1 aliphatic rings. The Bertz CT molecular complexity index is 943. The van der Waals surface area contributed by atoms with Gasteiger partial charge in [-0.25, -0.2) is 9.79 Å². The Kier molecular flexibility index (Phi) is 8.55. The Morgan fingerprint density at radius 3 is 2.76 bits per heavy atom. The summed E-state index contributed by atoms with van der Waals surface area (Å²) in [5, 5.41) is 10.7. The van der Waals surface area contributed by atoms with Crippen LogP contribution in [0.3, 0.4) is 0 Å². The number of halogens is 1. The van der Waals surface area contributed by atoms with Crippen molar-refractivity contribution in [3.05, 3.63) is 44.5 Å². The van der Waals surface area contributed by atoms with Gasteiger partial charge in [-0.1, -0.05) is 30.7 Å². The van der Waals surface area contributed by atoms with Gasteiger partial charge in [0.1, 0.15) is 28.7 Å². The number of hydrogen-bond acceptors (Lipinski definition) is 6. The van der Waals surface area contributed by atoms with E-state index in [1.165, 1.54) is 0 Å². The Morgan fingerprint density at radius 2 is 2.14 bits per heavy atom. The number of carbonyl (C=O) groups is 2. The van der Waals surface area contributed by atoms with Crippen LogP contribution in [0.15, 0.2) is 43.9 Å². The normalized spacial score (nSPS) is 16.2. The first-order valence-electron chi connectivity index (χ1n) is 8.89. The second-order valence-corrected chi connectivity index (χ2v) is 7.68. The molecule has 0 bridgehead atoms. The summed E-state index contributed by atoms with van der Waals surface area (Å²) in [5.41, 5.74) is 0.643. The molecule has 2 rings (SSSR count). The summed E-state index contributed by atoms with van der Waals surface area (Å²) in [6.45, 7) is 3.81. The number of esters is 1. The highest BCUT2D eigenvalue weighted by Gasteiger charge is 2.33. The van der Waals surface area contributed by atoms with E-state index in [0.29, 0.717) is 21.5 Å². The molecule has 0 saturated heterocycles. The maximum absolute atomic E-state index is 12.3. The largest absolute Gasteiger partial charge is 0.506 e. The minimum absolute atomic E-state index is 0.0967. The van der Waals surface area contributed by atoms with Gasteiger partial charge >= 0.3 is 5.97 Å². The van der Waals surface area contributed by atoms with Gasteiger partial charge in [0.05, 0.1) is 16.0 Å². The number of amides is 1. The van der Waals surface area contributed by atoms with E-state index in [9.17, 15) is 14.7 Å². The zero-order valence-corrected chi connectivity index (χ0v) is 18.4. The van der Waals surface area contributed by atoms with E-state index in [1.807, 2.05) is 6.92 Å². The molecule has 1 N–H and O–H groups in total. The first-order valence-corrected chi connectivity index (χ1v) is 10.5. The highest BCUT2D eigenvalue weighted by molar-refractivity contribution is 9.10. The van der Waals surface area contributed by atoms with Crippen LogP contribution in [0.5, 0.6) is 5.75 Å². The van der Waals surface area contributed by atoms with Crippen LogP contribution < -0.4 is 4.74 Å². The average molecular weight is 478 g/mol. The van der Waals surface area contributed by atoms with Gasteiger partial charge in [0, 0.05) is 6.42 Å². The quantitative estimate of drug-likeness (QED) is 0.454. The van der Waals surface area contributed by atoms with Gasteiger partial charge in [0.15, 0.2) is 0 Å². The second-order valence-electron chi connectivity index (χ2n) is 5.80. The minimum atomic E-state index is -0.719. The molecule has 1 aromatic rings. The van der Waals surface area contributed by atoms with Crippen molar-refractivity contribution in [1.29, 1.82) is 0 Å². The maximum Gasteiger partial charge on any atom is 0.344 e. The summed E-state index contributed by atoms with van der Waals surface area (Å²) in [4.78, 5) is 28.6. The van der Waals surface area contributed by atoms with E-state index in [-0.39, 0.29) is 41.9 Å². The van der Waals surface area contributed by atoms with Gasteiger partial charge in [0.25, 0.3) is 0 Å². The molecule has 1 amide bonds. The summed E-state index contributed by atoms with van der Waals surface area (Å²) in [6, 6.07) is 5.30. The number of thioether (sulfide) groups is 1. The predicted molar refractivity (Wildman–Crippen MR) is 118 cm³/mol. The van der Waals surface area contributed by atoms with Crippen molar-refractivity contribution in [2.24, 2.45) is 4.99 Å². The summed E-state index contributed by atoms with van der Waals surface area (Å²) < 4.78 is 11.1. The molecule has 1 aromatic carbocycles. The Labute approximate surface area is 182 Å².